The smallest absolute Gasteiger partial charge is 0.263 e. The SMILES string of the molecule is COc1ccc(C2=C(/C=C3/SC(=S)NC3=O)[C@H](c3ccccc3)c3ccccc3O2)cc1OC. The van der Waals surface area contributed by atoms with Gasteiger partial charge in [0.25, 0.3) is 5.91 Å². The summed E-state index contributed by atoms with van der Waals surface area (Å²) in [4.78, 5) is 13.1. The van der Waals surface area contributed by atoms with Gasteiger partial charge in [-0.25, -0.2) is 0 Å². The van der Waals surface area contributed by atoms with Crippen LogP contribution in [0.3, 0.4) is 0 Å². The standard InChI is InChI=1S/C27H21NO4S2/c1-30-21-13-12-17(14-22(21)31-2)25-19(15-23-26(29)28-27(33)34-23)24(16-8-4-3-5-9-16)18-10-6-7-11-20(18)32-25/h3-15,24H,1-2H3,(H,28,29,33)/b23-15+/t24-/m1/s1. The van der Waals surface area contributed by atoms with Crippen LogP contribution in [0.4, 0.5) is 0 Å². The molecule has 0 radical (unpaired) electrons. The Morgan fingerprint density at radius 1 is 0.971 bits per heavy atom. The van der Waals surface area contributed by atoms with Crippen LogP contribution in [0.25, 0.3) is 5.76 Å². The Balaban J connectivity index is 1.78. The van der Waals surface area contributed by atoms with Gasteiger partial charge in [-0.1, -0.05) is 72.5 Å². The summed E-state index contributed by atoms with van der Waals surface area (Å²) >= 11 is 6.48. The number of carbonyl (C=O) groups is 1. The molecule has 170 valence electrons. The van der Waals surface area contributed by atoms with E-state index in [1.54, 1.807) is 14.2 Å². The van der Waals surface area contributed by atoms with Crippen LogP contribution in [-0.4, -0.2) is 24.4 Å². The predicted octanol–water partition coefficient (Wildman–Crippen LogP) is 5.67. The lowest BCUT2D eigenvalue weighted by Crippen LogP contribution is -2.19. The molecule has 2 aliphatic heterocycles. The van der Waals surface area contributed by atoms with Crippen molar-refractivity contribution in [2.75, 3.05) is 14.2 Å². The molecule has 2 aliphatic rings. The van der Waals surface area contributed by atoms with Crippen LogP contribution >= 0.6 is 24.0 Å². The Morgan fingerprint density at radius 2 is 1.71 bits per heavy atom. The molecule has 2 heterocycles. The number of ether oxygens (including phenoxy) is 3. The summed E-state index contributed by atoms with van der Waals surface area (Å²) in [5, 5.41) is 2.71. The first kappa shape index (κ1) is 22.3. The molecule has 1 fully saturated rings. The Labute approximate surface area is 207 Å². The number of methoxy groups -OCH3 is 2. The van der Waals surface area contributed by atoms with E-state index in [1.165, 1.54) is 11.8 Å². The Bertz CT molecular complexity index is 1350. The molecule has 34 heavy (non-hydrogen) atoms. The van der Waals surface area contributed by atoms with Crippen LogP contribution in [0.5, 0.6) is 17.2 Å². The number of thioether (sulfide) groups is 1. The molecule has 0 unspecified atom stereocenters. The average Bonchev–Trinajstić information content (AvgIpc) is 3.19. The molecule has 7 heteroatoms. The van der Waals surface area contributed by atoms with Gasteiger partial charge in [0, 0.05) is 22.6 Å². The maximum Gasteiger partial charge on any atom is 0.263 e. The summed E-state index contributed by atoms with van der Waals surface area (Å²) in [5.41, 5.74) is 3.79. The van der Waals surface area contributed by atoms with E-state index in [4.69, 9.17) is 26.4 Å². The summed E-state index contributed by atoms with van der Waals surface area (Å²) in [6, 6.07) is 23.8. The summed E-state index contributed by atoms with van der Waals surface area (Å²) < 4.78 is 17.9. The van der Waals surface area contributed by atoms with Crippen molar-refractivity contribution < 1.29 is 19.0 Å². The van der Waals surface area contributed by atoms with Gasteiger partial charge in [-0.2, -0.15) is 0 Å². The predicted molar refractivity (Wildman–Crippen MR) is 138 cm³/mol. The van der Waals surface area contributed by atoms with E-state index in [0.29, 0.717) is 26.5 Å². The summed E-state index contributed by atoms with van der Waals surface area (Å²) in [6.45, 7) is 0. The third kappa shape index (κ3) is 4.08. The maximum atomic E-state index is 12.6. The average molecular weight is 488 g/mol. The number of carbonyl (C=O) groups excluding carboxylic acids is 1. The first-order valence-corrected chi connectivity index (χ1v) is 11.8. The molecule has 5 nitrogen and oxygen atoms in total. The highest BCUT2D eigenvalue weighted by Crippen LogP contribution is 2.48. The lowest BCUT2D eigenvalue weighted by atomic mass is 9.81. The van der Waals surface area contributed by atoms with E-state index in [2.05, 4.69) is 23.5 Å². The van der Waals surface area contributed by atoms with Crippen LogP contribution in [0.1, 0.15) is 22.6 Å². The zero-order valence-electron chi connectivity index (χ0n) is 18.5. The Morgan fingerprint density at radius 3 is 2.41 bits per heavy atom. The van der Waals surface area contributed by atoms with E-state index in [0.717, 1.165) is 28.0 Å². The van der Waals surface area contributed by atoms with E-state index in [-0.39, 0.29) is 11.8 Å². The molecule has 1 amide bonds. The van der Waals surface area contributed by atoms with E-state index < -0.39 is 0 Å². The lowest BCUT2D eigenvalue weighted by Gasteiger charge is -2.30. The maximum absolute atomic E-state index is 12.6. The zero-order chi connectivity index (χ0) is 23.7. The normalized spacial score (nSPS) is 18.4. The van der Waals surface area contributed by atoms with Gasteiger partial charge in [0.05, 0.1) is 19.1 Å². The molecular weight excluding hydrogens is 466 g/mol. The number of hydrogen-bond donors (Lipinski definition) is 1. The second-order valence-corrected chi connectivity index (χ2v) is 9.41. The number of nitrogens with one attached hydrogen (secondary N) is 1. The molecule has 1 saturated heterocycles. The number of hydrogen-bond acceptors (Lipinski definition) is 6. The number of amides is 1. The van der Waals surface area contributed by atoms with Crippen molar-refractivity contribution >= 4 is 40.0 Å². The summed E-state index contributed by atoms with van der Waals surface area (Å²) in [5.74, 6) is 2.27. The van der Waals surface area contributed by atoms with Crippen LogP contribution < -0.4 is 19.5 Å². The molecule has 0 saturated carbocycles. The number of thiocarbonyl (C=S) groups is 1. The topological polar surface area (TPSA) is 56.8 Å². The lowest BCUT2D eigenvalue weighted by molar-refractivity contribution is -0.115. The fraction of sp³-hybridized carbons (Fsp3) is 0.111. The van der Waals surface area contributed by atoms with Gasteiger partial charge in [0.2, 0.25) is 0 Å². The van der Waals surface area contributed by atoms with Gasteiger partial charge in [-0.15, -0.1) is 0 Å². The highest BCUT2D eigenvalue weighted by atomic mass is 32.2. The molecule has 3 aromatic rings. The van der Waals surface area contributed by atoms with Crippen molar-refractivity contribution in [1.29, 1.82) is 0 Å². The van der Waals surface area contributed by atoms with Crippen LogP contribution in [0.2, 0.25) is 0 Å². The van der Waals surface area contributed by atoms with E-state index >= 15 is 0 Å². The minimum Gasteiger partial charge on any atom is -0.493 e. The van der Waals surface area contributed by atoms with Gasteiger partial charge < -0.3 is 19.5 Å². The first-order chi connectivity index (χ1) is 16.6. The molecule has 5 rings (SSSR count). The minimum atomic E-state index is -0.208. The highest BCUT2D eigenvalue weighted by Gasteiger charge is 2.33. The number of fused-ring (bicyclic) bond motifs is 1. The largest absolute Gasteiger partial charge is 0.493 e. The molecule has 1 atom stereocenters. The van der Waals surface area contributed by atoms with E-state index in [9.17, 15) is 4.79 Å². The fourth-order valence-electron chi connectivity index (χ4n) is 4.20. The summed E-state index contributed by atoms with van der Waals surface area (Å²) in [6.07, 6.45) is 1.89. The summed E-state index contributed by atoms with van der Waals surface area (Å²) in [7, 11) is 3.20. The number of allylic oxidation sites excluding steroid dienone is 2. The monoisotopic (exact) mass is 487 g/mol. The van der Waals surface area contributed by atoms with Crippen molar-refractivity contribution in [2.24, 2.45) is 0 Å². The minimum absolute atomic E-state index is 0.149. The van der Waals surface area contributed by atoms with Crippen molar-refractivity contribution in [2.45, 2.75) is 5.92 Å². The molecule has 3 aromatic carbocycles. The fourth-order valence-corrected chi connectivity index (χ4v) is 5.23. The molecule has 0 aliphatic carbocycles. The zero-order valence-corrected chi connectivity index (χ0v) is 20.2. The van der Waals surface area contributed by atoms with Crippen molar-refractivity contribution in [3.05, 3.63) is 106 Å². The van der Waals surface area contributed by atoms with Crippen LogP contribution in [0, 0.1) is 0 Å². The van der Waals surface area contributed by atoms with E-state index in [1.807, 2.05) is 60.7 Å². The number of rotatable bonds is 5. The van der Waals surface area contributed by atoms with Gasteiger partial charge >= 0.3 is 0 Å². The molecule has 1 N–H and O–H groups in total. The van der Waals surface area contributed by atoms with Crippen molar-refractivity contribution in [3.8, 4) is 17.2 Å². The Hall–Kier alpha value is -3.55. The second-order valence-electron chi connectivity index (χ2n) is 7.69. The molecule has 0 aromatic heterocycles. The highest BCUT2D eigenvalue weighted by molar-refractivity contribution is 8.26. The molecule has 0 bridgehead atoms. The van der Waals surface area contributed by atoms with Crippen molar-refractivity contribution in [1.82, 2.24) is 5.32 Å². The van der Waals surface area contributed by atoms with Gasteiger partial charge in [0.15, 0.2) is 11.5 Å². The molecule has 0 spiro atoms. The van der Waals surface area contributed by atoms with Gasteiger partial charge in [-0.05, 0) is 35.9 Å². The van der Waals surface area contributed by atoms with Gasteiger partial charge in [0.1, 0.15) is 15.8 Å². The number of para-hydroxylation sites is 1. The van der Waals surface area contributed by atoms with Crippen LogP contribution in [-0.2, 0) is 4.79 Å². The molecular formula is C27H21NO4S2. The van der Waals surface area contributed by atoms with Crippen molar-refractivity contribution in [3.63, 3.8) is 0 Å². The second kappa shape index (κ2) is 9.37. The van der Waals surface area contributed by atoms with Crippen LogP contribution in [0.15, 0.2) is 89.4 Å². The quantitative estimate of drug-likeness (QED) is 0.370. The Kier molecular flexibility index (Phi) is 6.13. The van der Waals surface area contributed by atoms with Gasteiger partial charge in [-0.3, -0.25) is 4.79 Å². The third-order valence-electron chi connectivity index (χ3n) is 5.72. The first-order valence-electron chi connectivity index (χ1n) is 10.6. The third-order valence-corrected chi connectivity index (χ3v) is 6.89. The number of benzene rings is 3.